The first-order chi connectivity index (χ1) is 7.59. The number of anilines is 1. The molecule has 0 fully saturated rings. The minimum absolute atomic E-state index is 0.0382. The number of carboxylic acid groups (broad SMARTS) is 1. The topological polar surface area (TPSA) is 103 Å². The molecular weight excluding hydrogens is 234 g/mol. The third-order valence-corrected chi connectivity index (χ3v) is 2.69. The highest BCUT2D eigenvalue weighted by atomic mass is 32.1. The number of hydrogen-bond acceptors (Lipinski definition) is 5. The lowest BCUT2D eigenvalue weighted by molar-refractivity contribution is 0.209. The average Bonchev–Trinajstić information content (AvgIpc) is 2.81. The molecule has 1 amide bonds. The minimum atomic E-state index is -1.39. The molecule has 0 atom stereocenters. The van der Waals surface area contributed by atoms with Crippen molar-refractivity contribution >= 4 is 23.3 Å². The van der Waals surface area contributed by atoms with Crippen LogP contribution in [-0.2, 0) is 0 Å². The summed E-state index contributed by atoms with van der Waals surface area (Å²) >= 11 is 1.29. The highest BCUT2D eigenvalue weighted by molar-refractivity contribution is 7.13. The third-order valence-electron chi connectivity index (χ3n) is 1.82. The van der Waals surface area contributed by atoms with Gasteiger partial charge in [0.05, 0.1) is 4.88 Å². The van der Waals surface area contributed by atoms with E-state index in [1.165, 1.54) is 11.3 Å². The molecule has 6 nitrogen and oxygen atoms in total. The lowest BCUT2D eigenvalue weighted by Gasteiger charge is -1.94. The van der Waals surface area contributed by atoms with Crippen LogP contribution < -0.4 is 5.32 Å². The van der Waals surface area contributed by atoms with Crippen LogP contribution >= 0.6 is 11.3 Å². The van der Waals surface area contributed by atoms with E-state index < -0.39 is 23.5 Å². The molecule has 2 aromatic heterocycles. The smallest absolute Gasteiger partial charge is 0.411 e. The lowest BCUT2D eigenvalue weighted by atomic mass is 10.3. The number of hydrogen-bond donors (Lipinski definition) is 4. The molecule has 0 radical (unpaired) electrons. The van der Waals surface area contributed by atoms with E-state index in [1.54, 1.807) is 17.5 Å². The van der Waals surface area contributed by atoms with Gasteiger partial charge in [0, 0.05) is 0 Å². The highest BCUT2D eigenvalue weighted by Gasteiger charge is 2.22. The average molecular weight is 241 g/mol. The van der Waals surface area contributed by atoms with Crippen LogP contribution in [0.2, 0.25) is 0 Å². The van der Waals surface area contributed by atoms with Gasteiger partial charge in [-0.25, -0.2) is 4.79 Å². The second-order valence-corrected chi connectivity index (χ2v) is 3.81. The molecule has 4 N–H and O–H groups in total. The van der Waals surface area contributed by atoms with E-state index in [0.29, 0.717) is 4.88 Å². The summed E-state index contributed by atoms with van der Waals surface area (Å²) in [6, 6.07) is 3.41. The number of carbonyl (C=O) groups is 1. The Morgan fingerprint density at radius 3 is 2.69 bits per heavy atom. The van der Waals surface area contributed by atoms with Gasteiger partial charge in [-0.2, -0.15) is 0 Å². The van der Waals surface area contributed by atoms with Gasteiger partial charge in [-0.15, -0.1) is 11.3 Å². The predicted molar refractivity (Wildman–Crippen MR) is 57.0 cm³/mol. The molecule has 0 spiro atoms. The Morgan fingerprint density at radius 2 is 2.12 bits per heavy atom. The number of aromatic hydroxyl groups is 2. The summed E-state index contributed by atoms with van der Waals surface area (Å²) < 4.78 is 5.02. The molecular formula is C9H7NO5S. The van der Waals surface area contributed by atoms with Crippen LogP contribution in [0, 0.1) is 0 Å². The largest absolute Gasteiger partial charge is 0.502 e. The van der Waals surface area contributed by atoms with Gasteiger partial charge in [0.2, 0.25) is 17.4 Å². The molecule has 0 aromatic carbocycles. The molecule has 84 valence electrons. The maximum atomic E-state index is 10.4. The second kappa shape index (κ2) is 3.78. The van der Waals surface area contributed by atoms with Crippen LogP contribution in [0.4, 0.5) is 10.7 Å². The maximum Gasteiger partial charge on any atom is 0.411 e. The zero-order valence-corrected chi connectivity index (χ0v) is 8.61. The van der Waals surface area contributed by atoms with E-state index in [1.807, 2.05) is 5.32 Å². The molecule has 2 heterocycles. The minimum Gasteiger partial charge on any atom is -0.502 e. The van der Waals surface area contributed by atoms with Gasteiger partial charge in [-0.1, -0.05) is 6.07 Å². The van der Waals surface area contributed by atoms with Crippen LogP contribution in [-0.4, -0.2) is 21.4 Å². The van der Waals surface area contributed by atoms with Gasteiger partial charge in [-0.05, 0) is 11.4 Å². The Morgan fingerprint density at radius 1 is 1.38 bits per heavy atom. The fourth-order valence-corrected chi connectivity index (χ4v) is 1.88. The Bertz CT molecular complexity index is 516. The van der Waals surface area contributed by atoms with Gasteiger partial charge >= 0.3 is 6.09 Å². The van der Waals surface area contributed by atoms with E-state index in [4.69, 9.17) is 9.52 Å². The van der Waals surface area contributed by atoms with Crippen molar-refractivity contribution in [1.82, 2.24) is 0 Å². The molecule has 2 rings (SSSR count). The molecule has 0 unspecified atom stereocenters. The Hall–Kier alpha value is -2.15. The molecule has 0 saturated carbocycles. The first-order valence-electron chi connectivity index (χ1n) is 4.18. The van der Waals surface area contributed by atoms with E-state index in [0.717, 1.165) is 0 Å². The second-order valence-electron chi connectivity index (χ2n) is 2.86. The van der Waals surface area contributed by atoms with Crippen LogP contribution in [0.15, 0.2) is 21.9 Å². The van der Waals surface area contributed by atoms with E-state index >= 15 is 0 Å². The van der Waals surface area contributed by atoms with Crippen molar-refractivity contribution in [3.8, 4) is 22.1 Å². The summed E-state index contributed by atoms with van der Waals surface area (Å²) in [5.41, 5.74) is 0. The summed E-state index contributed by atoms with van der Waals surface area (Å²) in [6.45, 7) is 0. The molecule has 0 bridgehead atoms. The van der Waals surface area contributed by atoms with Gasteiger partial charge < -0.3 is 19.7 Å². The molecule has 0 aliphatic rings. The number of amides is 1. The fraction of sp³-hybridized carbons (Fsp3) is 0. The summed E-state index contributed by atoms with van der Waals surface area (Å²) in [6.07, 6.45) is -1.39. The van der Waals surface area contributed by atoms with Crippen molar-refractivity contribution in [1.29, 1.82) is 0 Å². The number of nitrogens with one attached hydrogen (secondary N) is 1. The van der Waals surface area contributed by atoms with Crippen molar-refractivity contribution in [3.05, 3.63) is 17.5 Å². The van der Waals surface area contributed by atoms with Gasteiger partial charge in [-0.3, -0.25) is 5.32 Å². The molecule has 2 aromatic rings. The zero-order chi connectivity index (χ0) is 11.7. The summed E-state index contributed by atoms with van der Waals surface area (Å²) in [5.74, 6) is -1.46. The van der Waals surface area contributed by atoms with Crippen LogP contribution in [0.25, 0.3) is 10.6 Å². The zero-order valence-electron chi connectivity index (χ0n) is 7.80. The van der Waals surface area contributed by atoms with Crippen molar-refractivity contribution in [3.63, 3.8) is 0 Å². The predicted octanol–water partition coefficient (Wildman–Crippen LogP) is 2.51. The summed E-state index contributed by atoms with van der Waals surface area (Å²) in [5, 5.41) is 31.0. The first kappa shape index (κ1) is 10.4. The Balaban J connectivity index is 2.45. The summed E-state index contributed by atoms with van der Waals surface area (Å²) in [4.78, 5) is 11.0. The molecule has 7 heteroatoms. The molecule has 16 heavy (non-hydrogen) atoms. The van der Waals surface area contributed by atoms with Gasteiger partial charge in [0.25, 0.3) is 0 Å². The van der Waals surface area contributed by atoms with E-state index in [-0.39, 0.29) is 5.76 Å². The van der Waals surface area contributed by atoms with E-state index in [2.05, 4.69) is 0 Å². The van der Waals surface area contributed by atoms with Crippen molar-refractivity contribution < 1.29 is 24.5 Å². The van der Waals surface area contributed by atoms with Crippen LogP contribution in [0.5, 0.6) is 11.5 Å². The van der Waals surface area contributed by atoms with Crippen LogP contribution in [0.1, 0.15) is 0 Å². The fourth-order valence-electron chi connectivity index (χ4n) is 1.17. The monoisotopic (exact) mass is 241 g/mol. The number of furan rings is 1. The van der Waals surface area contributed by atoms with Crippen molar-refractivity contribution in [2.45, 2.75) is 0 Å². The summed E-state index contributed by atoms with van der Waals surface area (Å²) in [7, 11) is 0. The lowest BCUT2D eigenvalue weighted by Crippen LogP contribution is -2.06. The SMILES string of the molecule is O=C(O)Nc1oc(-c2cccs2)c(O)c1O. The van der Waals surface area contributed by atoms with Gasteiger partial charge in [0.1, 0.15) is 0 Å². The highest BCUT2D eigenvalue weighted by Crippen LogP contribution is 2.46. The molecule has 0 saturated heterocycles. The van der Waals surface area contributed by atoms with Crippen molar-refractivity contribution in [2.75, 3.05) is 5.32 Å². The Kier molecular flexibility index (Phi) is 2.45. The number of rotatable bonds is 2. The van der Waals surface area contributed by atoms with Crippen LogP contribution in [0.3, 0.4) is 0 Å². The Labute approximate surface area is 93.4 Å². The molecule has 0 aliphatic heterocycles. The number of thiophene rings is 1. The third kappa shape index (κ3) is 1.68. The normalized spacial score (nSPS) is 10.2. The maximum absolute atomic E-state index is 10.4. The van der Waals surface area contributed by atoms with Crippen molar-refractivity contribution in [2.24, 2.45) is 0 Å². The standard InChI is InChI=1S/C9H7NO5S/c11-5-6(12)8(10-9(13)14)15-7(5)4-2-1-3-16-4/h1-3,10-12H,(H,13,14). The quantitative estimate of drug-likeness (QED) is 0.646. The molecule has 0 aliphatic carbocycles. The van der Waals surface area contributed by atoms with Gasteiger partial charge in [0.15, 0.2) is 5.76 Å². The first-order valence-corrected chi connectivity index (χ1v) is 5.06. The van der Waals surface area contributed by atoms with E-state index in [9.17, 15) is 15.0 Å².